The Balaban J connectivity index is 2.54. The lowest BCUT2D eigenvalue weighted by molar-refractivity contribution is 0.416. The van der Waals surface area contributed by atoms with Crippen LogP contribution in [-0.2, 0) is 6.54 Å². The predicted molar refractivity (Wildman–Crippen MR) is 80.6 cm³/mol. The Hall–Kier alpha value is -1.87. The van der Waals surface area contributed by atoms with Gasteiger partial charge in [-0.3, -0.25) is 0 Å². The standard InChI is InChI=1S/C17H20FNO/c1-11-7-12(2)17(16(8-11)20-4)13-5-6-14(10-19-3)15(18)9-13/h5-9,19H,10H2,1-4H3. The van der Waals surface area contributed by atoms with Gasteiger partial charge in [0.05, 0.1) is 7.11 Å². The summed E-state index contributed by atoms with van der Waals surface area (Å²) >= 11 is 0. The van der Waals surface area contributed by atoms with Crippen molar-refractivity contribution < 1.29 is 9.13 Å². The molecule has 3 heteroatoms. The van der Waals surface area contributed by atoms with Gasteiger partial charge < -0.3 is 10.1 Å². The van der Waals surface area contributed by atoms with Gasteiger partial charge in [-0.15, -0.1) is 0 Å². The molecule has 2 aromatic rings. The fourth-order valence-corrected chi connectivity index (χ4v) is 2.50. The number of ether oxygens (including phenoxy) is 1. The van der Waals surface area contributed by atoms with E-state index >= 15 is 0 Å². The van der Waals surface area contributed by atoms with Crippen LogP contribution >= 0.6 is 0 Å². The molecule has 0 unspecified atom stereocenters. The molecule has 106 valence electrons. The molecule has 0 atom stereocenters. The number of benzene rings is 2. The molecular weight excluding hydrogens is 253 g/mol. The molecule has 2 aromatic carbocycles. The Morgan fingerprint density at radius 1 is 1.15 bits per heavy atom. The molecule has 0 amide bonds. The molecule has 0 aliphatic carbocycles. The number of rotatable bonds is 4. The molecule has 2 nitrogen and oxygen atoms in total. The molecular formula is C17H20FNO. The second-order valence-corrected chi connectivity index (χ2v) is 5.00. The van der Waals surface area contributed by atoms with Crippen LogP contribution < -0.4 is 10.1 Å². The highest BCUT2D eigenvalue weighted by Crippen LogP contribution is 2.35. The number of hydrogen-bond donors (Lipinski definition) is 1. The first-order valence-electron chi connectivity index (χ1n) is 6.65. The summed E-state index contributed by atoms with van der Waals surface area (Å²) in [7, 11) is 3.45. The van der Waals surface area contributed by atoms with Gasteiger partial charge in [0.2, 0.25) is 0 Å². The molecule has 20 heavy (non-hydrogen) atoms. The second kappa shape index (κ2) is 6.06. The van der Waals surface area contributed by atoms with Crippen molar-refractivity contribution in [3.63, 3.8) is 0 Å². The van der Waals surface area contributed by atoms with Crippen molar-refractivity contribution in [3.05, 3.63) is 52.8 Å². The number of methoxy groups -OCH3 is 1. The van der Waals surface area contributed by atoms with E-state index in [1.807, 2.05) is 32.0 Å². The second-order valence-electron chi connectivity index (χ2n) is 5.00. The van der Waals surface area contributed by atoms with Crippen molar-refractivity contribution in [2.75, 3.05) is 14.2 Å². The zero-order chi connectivity index (χ0) is 14.7. The summed E-state index contributed by atoms with van der Waals surface area (Å²) < 4.78 is 19.5. The molecule has 0 radical (unpaired) electrons. The topological polar surface area (TPSA) is 21.3 Å². The van der Waals surface area contributed by atoms with Gasteiger partial charge >= 0.3 is 0 Å². The molecule has 1 N–H and O–H groups in total. The maximum Gasteiger partial charge on any atom is 0.128 e. The number of hydrogen-bond acceptors (Lipinski definition) is 2. The van der Waals surface area contributed by atoms with E-state index in [2.05, 4.69) is 11.4 Å². The fourth-order valence-electron chi connectivity index (χ4n) is 2.50. The van der Waals surface area contributed by atoms with Crippen molar-refractivity contribution in [1.82, 2.24) is 5.32 Å². The molecule has 0 aliphatic heterocycles. The third-order valence-corrected chi connectivity index (χ3v) is 3.37. The number of nitrogens with one attached hydrogen (secondary N) is 1. The molecule has 0 fully saturated rings. The van der Waals surface area contributed by atoms with Gasteiger partial charge in [0.25, 0.3) is 0 Å². The molecule has 0 bridgehead atoms. The quantitative estimate of drug-likeness (QED) is 0.914. The van der Waals surface area contributed by atoms with E-state index in [1.54, 1.807) is 20.2 Å². The molecule has 0 aromatic heterocycles. The van der Waals surface area contributed by atoms with Crippen LogP contribution in [0, 0.1) is 19.7 Å². The van der Waals surface area contributed by atoms with Gasteiger partial charge in [-0.1, -0.05) is 18.2 Å². The minimum Gasteiger partial charge on any atom is -0.496 e. The van der Waals surface area contributed by atoms with Crippen LogP contribution in [0.1, 0.15) is 16.7 Å². The third kappa shape index (κ3) is 2.83. The summed E-state index contributed by atoms with van der Waals surface area (Å²) in [5.41, 5.74) is 4.68. The highest BCUT2D eigenvalue weighted by molar-refractivity contribution is 5.74. The summed E-state index contributed by atoms with van der Waals surface area (Å²) in [6.07, 6.45) is 0. The van der Waals surface area contributed by atoms with E-state index in [0.29, 0.717) is 12.1 Å². The van der Waals surface area contributed by atoms with Crippen molar-refractivity contribution in [2.45, 2.75) is 20.4 Å². The Morgan fingerprint density at radius 2 is 1.90 bits per heavy atom. The fraction of sp³-hybridized carbons (Fsp3) is 0.294. The molecule has 0 saturated heterocycles. The van der Waals surface area contributed by atoms with Gasteiger partial charge in [0.1, 0.15) is 11.6 Å². The van der Waals surface area contributed by atoms with Gasteiger partial charge in [0.15, 0.2) is 0 Å². The monoisotopic (exact) mass is 273 g/mol. The van der Waals surface area contributed by atoms with Crippen LogP contribution in [0.4, 0.5) is 4.39 Å². The first kappa shape index (κ1) is 14.5. The van der Waals surface area contributed by atoms with Crippen molar-refractivity contribution in [3.8, 4) is 16.9 Å². The van der Waals surface area contributed by atoms with Crippen LogP contribution in [0.25, 0.3) is 11.1 Å². The van der Waals surface area contributed by atoms with Crippen molar-refractivity contribution >= 4 is 0 Å². The maximum atomic E-state index is 14.1. The highest BCUT2D eigenvalue weighted by atomic mass is 19.1. The van der Waals surface area contributed by atoms with Crippen molar-refractivity contribution in [2.24, 2.45) is 0 Å². The lowest BCUT2D eigenvalue weighted by Gasteiger charge is -2.14. The Bertz CT molecular complexity index is 623. The lowest BCUT2D eigenvalue weighted by Crippen LogP contribution is -2.07. The van der Waals surface area contributed by atoms with Gasteiger partial charge in [-0.2, -0.15) is 0 Å². The number of aryl methyl sites for hydroxylation is 2. The SMILES string of the molecule is CNCc1ccc(-c2c(C)cc(C)cc2OC)cc1F. The molecule has 0 aliphatic rings. The van der Waals surface area contributed by atoms with Gasteiger partial charge in [-0.05, 0) is 49.7 Å². The third-order valence-electron chi connectivity index (χ3n) is 3.37. The van der Waals surface area contributed by atoms with E-state index in [4.69, 9.17) is 4.74 Å². The molecule has 0 heterocycles. The van der Waals surface area contributed by atoms with Crippen molar-refractivity contribution in [1.29, 1.82) is 0 Å². The first-order chi connectivity index (χ1) is 9.56. The van der Waals surface area contributed by atoms with Crippen LogP contribution in [0.3, 0.4) is 0 Å². The normalized spacial score (nSPS) is 10.7. The highest BCUT2D eigenvalue weighted by Gasteiger charge is 2.12. The van der Waals surface area contributed by atoms with E-state index in [1.165, 1.54) is 0 Å². The summed E-state index contributed by atoms with van der Waals surface area (Å²) in [5, 5.41) is 2.96. The summed E-state index contributed by atoms with van der Waals surface area (Å²) in [5.74, 6) is 0.585. The number of halogens is 1. The van der Waals surface area contributed by atoms with E-state index in [9.17, 15) is 4.39 Å². The first-order valence-corrected chi connectivity index (χ1v) is 6.65. The largest absolute Gasteiger partial charge is 0.496 e. The predicted octanol–water partition coefficient (Wildman–Crippen LogP) is 3.84. The smallest absolute Gasteiger partial charge is 0.128 e. The van der Waals surface area contributed by atoms with Crippen LogP contribution in [0.2, 0.25) is 0 Å². The van der Waals surface area contributed by atoms with E-state index in [-0.39, 0.29) is 5.82 Å². The minimum atomic E-state index is -0.195. The Morgan fingerprint density at radius 3 is 2.50 bits per heavy atom. The van der Waals surface area contributed by atoms with Gasteiger partial charge in [-0.25, -0.2) is 4.39 Å². The zero-order valence-electron chi connectivity index (χ0n) is 12.4. The summed E-state index contributed by atoms with van der Waals surface area (Å²) in [6.45, 7) is 4.57. The van der Waals surface area contributed by atoms with E-state index < -0.39 is 0 Å². The van der Waals surface area contributed by atoms with Gasteiger partial charge in [0, 0.05) is 17.7 Å². The van der Waals surface area contributed by atoms with E-state index in [0.717, 1.165) is 28.0 Å². The summed E-state index contributed by atoms with van der Waals surface area (Å²) in [6, 6.07) is 9.39. The molecule has 0 saturated carbocycles. The minimum absolute atomic E-state index is 0.195. The molecule has 2 rings (SSSR count). The summed E-state index contributed by atoms with van der Waals surface area (Å²) in [4.78, 5) is 0. The Labute approximate surface area is 119 Å². The van der Waals surface area contributed by atoms with Crippen LogP contribution in [-0.4, -0.2) is 14.2 Å². The average Bonchev–Trinajstić information content (AvgIpc) is 2.40. The Kier molecular flexibility index (Phi) is 4.40. The lowest BCUT2D eigenvalue weighted by atomic mass is 9.96. The zero-order valence-corrected chi connectivity index (χ0v) is 12.4. The van der Waals surface area contributed by atoms with Crippen LogP contribution in [0.15, 0.2) is 30.3 Å². The van der Waals surface area contributed by atoms with Crippen LogP contribution in [0.5, 0.6) is 5.75 Å². The molecule has 0 spiro atoms. The average molecular weight is 273 g/mol. The maximum absolute atomic E-state index is 14.1.